The first kappa shape index (κ1) is 11.3. The van der Waals surface area contributed by atoms with Crippen molar-refractivity contribution < 1.29 is 0 Å². The number of imidazole rings is 1. The summed E-state index contributed by atoms with van der Waals surface area (Å²) in [7, 11) is 1.95. The Labute approximate surface area is 99.4 Å². The van der Waals surface area contributed by atoms with Crippen molar-refractivity contribution in [2.24, 2.45) is 0 Å². The Hall–Kier alpha value is -1.20. The molecule has 0 aliphatic heterocycles. The highest BCUT2D eigenvalue weighted by Crippen LogP contribution is 2.24. The molecule has 2 heterocycles. The van der Waals surface area contributed by atoms with Gasteiger partial charge in [-0.1, -0.05) is 6.92 Å². The van der Waals surface area contributed by atoms with Gasteiger partial charge in [0.1, 0.15) is 5.01 Å². The van der Waals surface area contributed by atoms with Crippen molar-refractivity contribution in [1.82, 2.24) is 19.9 Å². The van der Waals surface area contributed by atoms with Gasteiger partial charge in [-0.3, -0.25) is 0 Å². The minimum Gasteiger partial charge on any atom is -0.323 e. The van der Waals surface area contributed by atoms with Crippen LogP contribution in [0.2, 0.25) is 0 Å². The fraction of sp³-hybridized carbons (Fsp3) is 0.455. The first-order valence-corrected chi connectivity index (χ1v) is 6.29. The van der Waals surface area contributed by atoms with Crippen LogP contribution in [0.25, 0.3) is 0 Å². The van der Waals surface area contributed by atoms with E-state index < -0.39 is 0 Å². The molecule has 0 fully saturated rings. The molecule has 0 amide bonds. The van der Waals surface area contributed by atoms with Crippen molar-refractivity contribution in [3.05, 3.63) is 34.8 Å². The van der Waals surface area contributed by atoms with E-state index in [-0.39, 0.29) is 0 Å². The van der Waals surface area contributed by atoms with Crippen molar-refractivity contribution in [3.8, 4) is 0 Å². The van der Waals surface area contributed by atoms with Crippen molar-refractivity contribution >= 4 is 11.3 Å². The van der Waals surface area contributed by atoms with Crippen LogP contribution in [-0.4, -0.2) is 21.6 Å². The maximum Gasteiger partial charge on any atom is 0.115 e. The highest BCUT2D eigenvalue weighted by Gasteiger charge is 2.16. The molecule has 2 aromatic rings. The highest BCUT2D eigenvalue weighted by atomic mass is 32.1. The Balaban J connectivity index is 2.30. The first-order valence-electron chi connectivity index (χ1n) is 5.41. The molecular formula is C11H16N4S. The fourth-order valence-electron chi connectivity index (χ4n) is 1.82. The standard InChI is InChI=1S/C11H16N4S/c1-3-10(11-14-4-5-16-11)15-8-13-7-9(15)6-12-2/h4-5,7-8,10,12H,3,6H2,1-2H3. The van der Waals surface area contributed by atoms with Crippen LogP contribution in [0.1, 0.15) is 30.1 Å². The lowest BCUT2D eigenvalue weighted by Gasteiger charge is -2.17. The summed E-state index contributed by atoms with van der Waals surface area (Å²) in [5, 5.41) is 6.33. The van der Waals surface area contributed by atoms with Crippen LogP contribution < -0.4 is 5.32 Å². The minimum absolute atomic E-state index is 0.311. The molecule has 86 valence electrons. The summed E-state index contributed by atoms with van der Waals surface area (Å²) in [6, 6.07) is 0.311. The zero-order chi connectivity index (χ0) is 11.4. The highest BCUT2D eigenvalue weighted by molar-refractivity contribution is 7.09. The molecule has 0 saturated carbocycles. The maximum atomic E-state index is 4.39. The summed E-state index contributed by atoms with van der Waals surface area (Å²) in [5.74, 6) is 0. The average Bonchev–Trinajstić information content (AvgIpc) is 2.92. The topological polar surface area (TPSA) is 42.7 Å². The van der Waals surface area contributed by atoms with Gasteiger partial charge in [-0.2, -0.15) is 0 Å². The number of aromatic nitrogens is 3. The van der Waals surface area contributed by atoms with E-state index in [1.807, 2.05) is 31.1 Å². The summed E-state index contributed by atoms with van der Waals surface area (Å²) < 4.78 is 2.20. The molecule has 2 rings (SSSR count). The van der Waals surface area contributed by atoms with E-state index in [9.17, 15) is 0 Å². The Morgan fingerprint density at radius 2 is 2.44 bits per heavy atom. The van der Waals surface area contributed by atoms with Crippen molar-refractivity contribution in [2.45, 2.75) is 25.9 Å². The van der Waals surface area contributed by atoms with Gasteiger partial charge in [-0.15, -0.1) is 11.3 Å². The third-order valence-corrected chi connectivity index (χ3v) is 3.44. The molecule has 0 aliphatic carbocycles. The lowest BCUT2D eigenvalue weighted by atomic mass is 10.2. The van der Waals surface area contributed by atoms with Crippen LogP contribution in [0.4, 0.5) is 0 Å². The Morgan fingerprint density at radius 1 is 1.56 bits per heavy atom. The largest absolute Gasteiger partial charge is 0.323 e. The monoisotopic (exact) mass is 236 g/mol. The second kappa shape index (κ2) is 5.23. The lowest BCUT2D eigenvalue weighted by molar-refractivity contribution is 0.535. The summed E-state index contributed by atoms with van der Waals surface area (Å²) in [5.41, 5.74) is 1.20. The molecule has 5 heteroatoms. The zero-order valence-corrected chi connectivity index (χ0v) is 10.4. The molecule has 4 nitrogen and oxygen atoms in total. The smallest absolute Gasteiger partial charge is 0.115 e. The van der Waals surface area contributed by atoms with Gasteiger partial charge in [0, 0.05) is 24.3 Å². The normalized spacial score (nSPS) is 12.9. The number of thiazole rings is 1. The van der Waals surface area contributed by atoms with E-state index in [1.54, 1.807) is 11.3 Å². The van der Waals surface area contributed by atoms with Crippen LogP contribution >= 0.6 is 11.3 Å². The second-order valence-corrected chi connectivity index (χ2v) is 4.54. The summed E-state index contributed by atoms with van der Waals surface area (Å²) in [6.45, 7) is 3.01. The fourth-order valence-corrected chi connectivity index (χ4v) is 2.64. The van der Waals surface area contributed by atoms with Gasteiger partial charge in [0.15, 0.2) is 0 Å². The van der Waals surface area contributed by atoms with Crippen molar-refractivity contribution in [3.63, 3.8) is 0 Å². The molecule has 0 radical (unpaired) electrons. The quantitative estimate of drug-likeness (QED) is 0.864. The minimum atomic E-state index is 0.311. The molecule has 1 N–H and O–H groups in total. The van der Waals surface area contributed by atoms with Crippen LogP contribution in [0.15, 0.2) is 24.1 Å². The third-order valence-electron chi connectivity index (χ3n) is 2.56. The van der Waals surface area contributed by atoms with E-state index in [1.165, 1.54) is 5.69 Å². The van der Waals surface area contributed by atoms with Gasteiger partial charge in [-0.05, 0) is 13.5 Å². The first-order chi connectivity index (χ1) is 7.86. The zero-order valence-electron chi connectivity index (χ0n) is 9.55. The number of hydrogen-bond acceptors (Lipinski definition) is 4. The second-order valence-electron chi connectivity index (χ2n) is 3.62. The predicted molar refractivity (Wildman–Crippen MR) is 65.5 cm³/mol. The molecule has 2 aromatic heterocycles. The lowest BCUT2D eigenvalue weighted by Crippen LogP contribution is -2.15. The van der Waals surface area contributed by atoms with Crippen LogP contribution in [-0.2, 0) is 6.54 Å². The Bertz CT molecular complexity index is 421. The molecule has 0 bridgehead atoms. The van der Waals surface area contributed by atoms with E-state index in [0.717, 1.165) is 18.0 Å². The summed E-state index contributed by atoms with van der Waals surface area (Å²) >= 11 is 1.70. The van der Waals surface area contributed by atoms with Gasteiger partial charge in [0.25, 0.3) is 0 Å². The SMILES string of the molecule is CCC(c1nccs1)n1cncc1CNC. The Morgan fingerprint density at radius 3 is 3.06 bits per heavy atom. The average molecular weight is 236 g/mol. The summed E-state index contributed by atoms with van der Waals surface area (Å²) in [6.07, 6.45) is 6.69. The third kappa shape index (κ3) is 2.15. The van der Waals surface area contributed by atoms with Crippen LogP contribution in [0.3, 0.4) is 0 Å². The molecule has 0 spiro atoms. The van der Waals surface area contributed by atoms with Gasteiger partial charge in [0.2, 0.25) is 0 Å². The van der Waals surface area contributed by atoms with Gasteiger partial charge in [-0.25, -0.2) is 9.97 Å². The molecular weight excluding hydrogens is 220 g/mol. The molecule has 1 atom stereocenters. The molecule has 0 aliphatic rings. The van der Waals surface area contributed by atoms with Gasteiger partial charge < -0.3 is 9.88 Å². The van der Waals surface area contributed by atoms with Gasteiger partial charge in [0.05, 0.1) is 18.1 Å². The van der Waals surface area contributed by atoms with E-state index in [0.29, 0.717) is 6.04 Å². The molecule has 1 unspecified atom stereocenters. The maximum absolute atomic E-state index is 4.39. The van der Waals surface area contributed by atoms with E-state index in [4.69, 9.17) is 0 Å². The number of rotatable bonds is 5. The number of nitrogens with one attached hydrogen (secondary N) is 1. The van der Waals surface area contributed by atoms with Crippen LogP contribution in [0, 0.1) is 0 Å². The Kier molecular flexibility index (Phi) is 3.69. The molecule has 0 aromatic carbocycles. The van der Waals surface area contributed by atoms with Crippen molar-refractivity contribution in [1.29, 1.82) is 0 Å². The van der Waals surface area contributed by atoms with Gasteiger partial charge >= 0.3 is 0 Å². The van der Waals surface area contributed by atoms with E-state index in [2.05, 4.69) is 26.8 Å². The predicted octanol–water partition coefficient (Wildman–Crippen LogP) is 2.06. The number of hydrogen-bond donors (Lipinski definition) is 1. The van der Waals surface area contributed by atoms with Crippen molar-refractivity contribution in [2.75, 3.05) is 7.05 Å². The van der Waals surface area contributed by atoms with Crippen LogP contribution in [0.5, 0.6) is 0 Å². The van der Waals surface area contributed by atoms with E-state index >= 15 is 0 Å². The summed E-state index contributed by atoms with van der Waals surface area (Å²) in [4.78, 5) is 8.61. The molecule has 0 saturated heterocycles. The number of nitrogens with zero attached hydrogens (tertiary/aromatic N) is 3. The molecule has 16 heavy (non-hydrogen) atoms.